The number of thiazole rings is 1. The second kappa shape index (κ2) is 5.97. The Kier molecular flexibility index (Phi) is 4.30. The monoisotopic (exact) mass is 298 g/mol. The van der Waals surface area contributed by atoms with Crippen molar-refractivity contribution in [3.05, 3.63) is 11.1 Å². The van der Waals surface area contributed by atoms with E-state index in [4.69, 9.17) is 5.11 Å². The van der Waals surface area contributed by atoms with E-state index >= 15 is 0 Å². The maximum absolute atomic E-state index is 11.4. The third-order valence-electron chi connectivity index (χ3n) is 2.76. The minimum absolute atomic E-state index is 0.0178. The Morgan fingerprint density at radius 1 is 1.65 bits per heavy atom. The smallest absolute Gasteiger partial charge is 0.322 e. The quantitative estimate of drug-likeness (QED) is 0.690. The van der Waals surface area contributed by atoms with Crippen molar-refractivity contribution in [1.29, 1.82) is 0 Å². The van der Waals surface area contributed by atoms with Crippen LogP contribution < -0.4 is 10.6 Å². The van der Waals surface area contributed by atoms with Crippen LogP contribution in [0.2, 0.25) is 0 Å². The van der Waals surface area contributed by atoms with Gasteiger partial charge in [0.15, 0.2) is 5.13 Å². The number of rotatable bonds is 4. The number of carbonyl (C=O) groups excluding carboxylic acids is 2. The first-order valence-electron chi connectivity index (χ1n) is 5.91. The van der Waals surface area contributed by atoms with Crippen LogP contribution in [-0.2, 0) is 20.9 Å². The number of nitrogens with zero attached hydrogens (tertiary/aromatic N) is 2. The molecule has 0 radical (unpaired) electrons. The fourth-order valence-corrected chi connectivity index (χ4v) is 2.64. The summed E-state index contributed by atoms with van der Waals surface area (Å²) in [6.45, 7) is 1.73. The SMILES string of the molecule is CC(=O)Nc1nc(CN2CC(=O)NCC2C(=O)O)cs1. The molecule has 0 saturated carbocycles. The Morgan fingerprint density at radius 2 is 2.40 bits per heavy atom. The predicted octanol–water partition coefficient (Wildman–Crippen LogP) is -0.513. The van der Waals surface area contributed by atoms with Gasteiger partial charge in [-0.05, 0) is 0 Å². The Labute approximate surface area is 118 Å². The number of carboxylic acid groups (broad SMARTS) is 1. The maximum atomic E-state index is 11.4. The maximum Gasteiger partial charge on any atom is 0.322 e. The first-order chi connectivity index (χ1) is 9.45. The van der Waals surface area contributed by atoms with Gasteiger partial charge in [0.1, 0.15) is 6.04 Å². The topological polar surface area (TPSA) is 112 Å². The molecule has 8 nitrogen and oxygen atoms in total. The average Bonchev–Trinajstić information content (AvgIpc) is 2.75. The highest BCUT2D eigenvalue weighted by Gasteiger charge is 2.32. The van der Waals surface area contributed by atoms with Gasteiger partial charge in [-0.3, -0.25) is 19.3 Å². The molecule has 1 aromatic rings. The molecule has 0 aromatic carbocycles. The molecule has 1 saturated heterocycles. The third kappa shape index (κ3) is 3.52. The van der Waals surface area contributed by atoms with Crippen molar-refractivity contribution in [1.82, 2.24) is 15.2 Å². The molecule has 2 rings (SSSR count). The van der Waals surface area contributed by atoms with E-state index in [-0.39, 0.29) is 31.4 Å². The van der Waals surface area contributed by atoms with Crippen molar-refractivity contribution in [2.45, 2.75) is 19.5 Å². The van der Waals surface area contributed by atoms with Crippen LogP contribution in [0.1, 0.15) is 12.6 Å². The number of amides is 2. The molecule has 1 unspecified atom stereocenters. The minimum Gasteiger partial charge on any atom is -0.480 e. The lowest BCUT2D eigenvalue weighted by molar-refractivity contribution is -0.146. The Morgan fingerprint density at radius 3 is 3.05 bits per heavy atom. The molecule has 2 amide bonds. The minimum atomic E-state index is -0.984. The van der Waals surface area contributed by atoms with Gasteiger partial charge in [-0.2, -0.15) is 0 Å². The fraction of sp³-hybridized carbons (Fsp3) is 0.455. The standard InChI is InChI=1S/C11H14N4O4S/c1-6(16)13-11-14-7(5-20-11)3-15-4-9(17)12-2-8(15)10(18)19/h5,8H,2-4H2,1H3,(H,12,17)(H,18,19)(H,13,14,16). The van der Waals surface area contributed by atoms with E-state index in [1.165, 1.54) is 18.3 Å². The van der Waals surface area contributed by atoms with Gasteiger partial charge >= 0.3 is 5.97 Å². The lowest BCUT2D eigenvalue weighted by Crippen LogP contribution is -2.56. The van der Waals surface area contributed by atoms with Crippen LogP contribution in [0, 0.1) is 0 Å². The van der Waals surface area contributed by atoms with E-state index in [0.717, 1.165) is 0 Å². The van der Waals surface area contributed by atoms with Crippen LogP contribution in [0.15, 0.2) is 5.38 Å². The molecular weight excluding hydrogens is 284 g/mol. The number of carbonyl (C=O) groups is 3. The number of piperazine rings is 1. The Hall–Kier alpha value is -2.00. The van der Waals surface area contributed by atoms with E-state index in [9.17, 15) is 14.4 Å². The lowest BCUT2D eigenvalue weighted by atomic mass is 10.2. The molecule has 0 bridgehead atoms. The summed E-state index contributed by atoms with van der Waals surface area (Å²) in [6, 6.07) is -0.765. The number of nitrogens with one attached hydrogen (secondary N) is 2. The van der Waals surface area contributed by atoms with Gasteiger partial charge in [0.25, 0.3) is 0 Å². The van der Waals surface area contributed by atoms with E-state index < -0.39 is 12.0 Å². The molecule has 1 aliphatic heterocycles. The number of carboxylic acids is 1. The van der Waals surface area contributed by atoms with Gasteiger partial charge < -0.3 is 15.7 Å². The van der Waals surface area contributed by atoms with E-state index in [1.807, 2.05) is 0 Å². The van der Waals surface area contributed by atoms with Crippen LogP contribution in [0.5, 0.6) is 0 Å². The van der Waals surface area contributed by atoms with Crippen LogP contribution in [0.3, 0.4) is 0 Å². The number of hydrogen-bond acceptors (Lipinski definition) is 6. The third-order valence-corrected chi connectivity index (χ3v) is 3.57. The van der Waals surface area contributed by atoms with Crippen molar-refractivity contribution in [3.8, 4) is 0 Å². The fourth-order valence-electron chi connectivity index (χ4n) is 1.90. The molecule has 2 heterocycles. The molecule has 0 aliphatic carbocycles. The summed E-state index contributed by atoms with van der Waals surface area (Å²) in [4.78, 5) is 39.2. The van der Waals surface area contributed by atoms with Gasteiger partial charge in [-0.15, -0.1) is 11.3 Å². The van der Waals surface area contributed by atoms with E-state index in [0.29, 0.717) is 10.8 Å². The normalized spacial score (nSPS) is 19.4. The average molecular weight is 298 g/mol. The highest BCUT2D eigenvalue weighted by Crippen LogP contribution is 2.18. The molecule has 9 heteroatoms. The first kappa shape index (κ1) is 14.4. The predicted molar refractivity (Wildman–Crippen MR) is 71.3 cm³/mol. The number of aliphatic carboxylic acids is 1. The second-order valence-electron chi connectivity index (χ2n) is 4.39. The molecule has 108 valence electrons. The molecular formula is C11H14N4O4S. The molecule has 1 aliphatic rings. The van der Waals surface area contributed by atoms with Crippen molar-refractivity contribution in [2.75, 3.05) is 18.4 Å². The van der Waals surface area contributed by atoms with Gasteiger partial charge in [-0.25, -0.2) is 4.98 Å². The molecule has 0 spiro atoms. The molecule has 20 heavy (non-hydrogen) atoms. The van der Waals surface area contributed by atoms with Crippen LogP contribution >= 0.6 is 11.3 Å². The molecule has 3 N–H and O–H groups in total. The lowest BCUT2D eigenvalue weighted by Gasteiger charge is -2.31. The summed E-state index contributed by atoms with van der Waals surface area (Å²) < 4.78 is 0. The largest absolute Gasteiger partial charge is 0.480 e. The Bertz CT molecular complexity index is 544. The van der Waals surface area contributed by atoms with Crippen LogP contribution in [-0.4, -0.2) is 51.9 Å². The van der Waals surface area contributed by atoms with Gasteiger partial charge in [0.05, 0.1) is 12.2 Å². The van der Waals surface area contributed by atoms with Crippen molar-refractivity contribution in [2.24, 2.45) is 0 Å². The zero-order chi connectivity index (χ0) is 14.7. The Balaban J connectivity index is 2.06. The molecule has 1 fully saturated rings. The van der Waals surface area contributed by atoms with E-state index in [2.05, 4.69) is 15.6 Å². The summed E-state index contributed by atoms with van der Waals surface area (Å²) in [5, 5.41) is 16.4. The summed E-state index contributed by atoms with van der Waals surface area (Å²) in [5.74, 6) is -1.41. The van der Waals surface area contributed by atoms with Crippen LogP contribution in [0.4, 0.5) is 5.13 Å². The van der Waals surface area contributed by atoms with Crippen molar-refractivity contribution < 1.29 is 19.5 Å². The number of hydrogen-bond donors (Lipinski definition) is 3. The number of aromatic nitrogens is 1. The van der Waals surface area contributed by atoms with Crippen LogP contribution in [0.25, 0.3) is 0 Å². The van der Waals surface area contributed by atoms with Gasteiger partial charge in [0, 0.05) is 25.4 Å². The highest BCUT2D eigenvalue weighted by atomic mass is 32.1. The molecule has 1 aromatic heterocycles. The van der Waals surface area contributed by atoms with Gasteiger partial charge in [-0.1, -0.05) is 0 Å². The summed E-state index contributed by atoms with van der Waals surface area (Å²) in [5.41, 5.74) is 0.625. The highest BCUT2D eigenvalue weighted by molar-refractivity contribution is 7.13. The van der Waals surface area contributed by atoms with Crippen molar-refractivity contribution >= 4 is 34.3 Å². The first-order valence-corrected chi connectivity index (χ1v) is 6.79. The summed E-state index contributed by atoms with van der Waals surface area (Å²) >= 11 is 1.26. The summed E-state index contributed by atoms with van der Waals surface area (Å²) in [7, 11) is 0. The second-order valence-corrected chi connectivity index (χ2v) is 5.25. The zero-order valence-electron chi connectivity index (χ0n) is 10.8. The number of anilines is 1. The van der Waals surface area contributed by atoms with E-state index in [1.54, 1.807) is 10.3 Å². The molecule has 1 atom stereocenters. The van der Waals surface area contributed by atoms with Gasteiger partial charge in [0.2, 0.25) is 11.8 Å². The van der Waals surface area contributed by atoms with Crippen molar-refractivity contribution in [3.63, 3.8) is 0 Å². The summed E-state index contributed by atoms with van der Waals surface area (Å²) in [6.07, 6.45) is 0. The zero-order valence-corrected chi connectivity index (χ0v) is 11.6.